The maximum Gasteiger partial charge on any atom is 0.330 e. The maximum absolute atomic E-state index is 9.60. The van der Waals surface area contributed by atoms with Crippen LogP contribution in [0.4, 0.5) is 0 Å². The smallest absolute Gasteiger partial charge is 0.330 e. The molecule has 0 aliphatic heterocycles. The summed E-state index contributed by atoms with van der Waals surface area (Å²) >= 11 is 0. The Balaban J connectivity index is -0.000000111. The van der Waals surface area contributed by atoms with Crippen LogP contribution < -0.4 is 0 Å². The van der Waals surface area contributed by atoms with Crippen LogP contribution in [0.15, 0.2) is 36.5 Å². The highest BCUT2D eigenvalue weighted by molar-refractivity contribution is 5.85. The molecule has 0 rings (SSSR count). The number of carboxylic acids is 3. The number of aliphatic carboxylic acids is 3. The van der Waals surface area contributed by atoms with Crippen molar-refractivity contribution in [3.8, 4) is 0 Å². The van der Waals surface area contributed by atoms with Gasteiger partial charge in [0, 0.05) is 23.1 Å². The molecule has 0 aromatic heterocycles. The topological polar surface area (TPSA) is 173 Å². The number of hydrogen-bond acceptors (Lipinski definition) is 6. The molecule has 0 aliphatic rings. The van der Waals surface area contributed by atoms with Gasteiger partial charge in [-0.2, -0.15) is 0 Å². The molecule has 0 aromatic carbocycles. The zero-order valence-corrected chi connectivity index (χ0v) is 14.2. The zero-order chi connectivity index (χ0) is 20.7. The lowest BCUT2D eigenvalue weighted by Crippen LogP contribution is -2.24. The largest absolute Gasteiger partial charge is 0.478 e. The van der Waals surface area contributed by atoms with E-state index >= 15 is 0 Å². The van der Waals surface area contributed by atoms with E-state index in [0.717, 1.165) is 0 Å². The van der Waals surface area contributed by atoms with Gasteiger partial charge in [-0.05, 0) is 20.8 Å². The van der Waals surface area contributed by atoms with E-state index < -0.39 is 23.9 Å². The quantitative estimate of drug-likeness (QED) is 0.319. The minimum Gasteiger partial charge on any atom is -0.478 e. The van der Waals surface area contributed by atoms with E-state index in [1.54, 1.807) is 0 Å². The van der Waals surface area contributed by atoms with E-state index in [4.69, 9.17) is 30.6 Å². The van der Waals surface area contributed by atoms with Crippen molar-refractivity contribution in [2.24, 2.45) is 0 Å². The lowest BCUT2D eigenvalue weighted by atomic mass is 10.4. The number of rotatable bonds is 4. The third-order valence-electron chi connectivity index (χ3n) is 1.57. The fraction of sp³-hybridized carbons (Fsp3) is 0.400. The summed E-state index contributed by atoms with van der Waals surface area (Å²) in [5.41, 5.74) is 0.528. The highest BCUT2D eigenvalue weighted by Crippen LogP contribution is 1.95. The van der Waals surface area contributed by atoms with Crippen LogP contribution in [0.1, 0.15) is 34.1 Å². The van der Waals surface area contributed by atoms with Crippen molar-refractivity contribution in [3.63, 3.8) is 0 Å². The molecule has 0 fully saturated rings. The van der Waals surface area contributed by atoms with Crippen LogP contribution in [0.3, 0.4) is 0 Å². The van der Waals surface area contributed by atoms with E-state index in [0.29, 0.717) is 0 Å². The van der Waals surface area contributed by atoms with Crippen LogP contribution >= 0.6 is 0 Å². The summed E-state index contributed by atoms with van der Waals surface area (Å²) in [7, 11) is 0. The summed E-state index contributed by atoms with van der Waals surface area (Å²) in [6.45, 7) is 15.3. The van der Waals surface area contributed by atoms with E-state index in [1.807, 2.05) is 0 Å². The van der Waals surface area contributed by atoms with Crippen molar-refractivity contribution in [1.82, 2.24) is 0 Å². The fourth-order valence-corrected chi connectivity index (χ4v) is 0. The van der Waals surface area contributed by atoms with Gasteiger partial charge in [-0.25, -0.2) is 14.4 Å². The summed E-state index contributed by atoms with van der Waals surface area (Å²) in [6, 6.07) is 0. The molecule has 140 valence electrons. The average molecular weight is 350 g/mol. The molecular weight excluding hydrogens is 324 g/mol. The van der Waals surface area contributed by atoms with Crippen LogP contribution in [-0.4, -0.2) is 54.5 Å². The van der Waals surface area contributed by atoms with Gasteiger partial charge in [0.1, 0.15) is 0 Å². The van der Waals surface area contributed by atoms with Gasteiger partial charge in [-0.15, -0.1) is 0 Å². The van der Waals surface area contributed by atoms with E-state index in [2.05, 4.69) is 19.7 Å². The second kappa shape index (κ2) is 15.4. The predicted molar refractivity (Wildman–Crippen MR) is 87.0 cm³/mol. The molecule has 0 spiro atoms. The Kier molecular flexibility index (Phi) is 18.9. The first-order chi connectivity index (χ1) is 10.5. The summed E-state index contributed by atoms with van der Waals surface area (Å²) in [5.74, 6) is -5.26. The lowest BCUT2D eigenvalue weighted by Gasteiger charge is -2.08. The second-order valence-corrected chi connectivity index (χ2v) is 4.38. The molecule has 0 aliphatic carbocycles. The van der Waals surface area contributed by atoms with E-state index in [1.165, 1.54) is 27.7 Å². The predicted octanol–water partition coefficient (Wildman–Crippen LogP) is 0.968. The van der Waals surface area contributed by atoms with E-state index in [-0.39, 0.29) is 23.1 Å². The molecule has 9 heteroatoms. The van der Waals surface area contributed by atoms with E-state index in [9.17, 15) is 14.4 Å². The molecule has 0 bridgehead atoms. The molecule has 24 heavy (non-hydrogen) atoms. The SMILES string of the molecule is C=C(C)C(=O)O.C=C(C)C(=O)O.C=C(C)C(=O)O.CCC(O)(O)O. The van der Waals surface area contributed by atoms with Gasteiger partial charge in [0.15, 0.2) is 0 Å². The van der Waals surface area contributed by atoms with Gasteiger partial charge in [0.25, 0.3) is 5.97 Å². The highest BCUT2D eigenvalue weighted by atomic mass is 16.7. The third kappa shape index (κ3) is 42.7. The van der Waals surface area contributed by atoms with Crippen LogP contribution in [0.25, 0.3) is 0 Å². The first-order valence-electron chi connectivity index (χ1n) is 6.33. The Morgan fingerprint density at radius 1 is 0.708 bits per heavy atom. The maximum atomic E-state index is 9.60. The summed E-state index contributed by atoms with van der Waals surface area (Å²) in [5, 5.41) is 47.5. The standard InChI is InChI=1S/3C4H6O2.C3H8O3/c3*1-3(2)4(5)6;1-2-3(4,5)6/h3*1H2,2H3,(H,5,6);4-6H,2H2,1H3. The Bertz CT molecular complexity index is 363. The normalized spacial score (nSPS) is 8.62. The van der Waals surface area contributed by atoms with Crippen LogP contribution in [0.5, 0.6) is 0 Å². The van der Waals surface area contributed by atoms with Crippen molar-refractivity contribution >= 4 is 17.9 Å². The Labute approximate surface area is 140 Å². The minimum atomic E-state index is -2.46. The summed E-state index contributed by atoms with van der Waals surface area (Å²) < 4.78 is 0. The van der Waals surface area contributed by atoms with Gasteiger partial charge in [0.05, 0.1) is 0 Å². The number of carbonyl (C=O) groups is 3. The number of hydrogen-bond donors (Lipinski definition) is 6. The van der Waals surface area contributed by atoms with Crippen LogP contribution in [-0.2, 0) is 14.4 Å². The lowest BCUT2D eigenvalue weighted by molar-refractivity contribution is -0.312. The Hall–Kier alpha value is -2.49. The Morgan fingerprint density at radius 3 is 0.792 bits per heavy atom. The number of aliphatic hydroxyl groups is 3. The van der Waals surface area contributed by atoms with Crippen molar-refractivity contribution < 1.29 is 45.0 Å². The van der Waals surface area contributed by atoms with Gasteiger partial charge < -0.3 is 30.6 Å². The van der Waals surface area contributed by atoms with Gasteiger partial charge in [0.2, 0.25) is 0 Å². The zero-order valence-electron chi connectivity index (χ0n) is 14.2. The second-order valence-electron chi connectivity index (χ2n) is 4.38. The van der Waals surface area contributed by atoms with Crippen molar-refractivity contribution in [2.75, 3.05) is 0 Å². The van der Waals surface area contributed by atoms with Crippen molar-refractivity contribution in [2.45, 2.75) is 40.1 Å². The molecule has 9 nitrogen and oxygen atoms in total. The minimum absolute atomic E-state index is 0.0625. The van der Waals surface area contributed by atoms with Gasteiger partial charge in [-0.3, -0.25) is 0 Å². The molecule has 0 aromatic rings. The summed E-state index contributed by atoms with van der Waals surface area (Å²) in [4.78, 5) is 28.8. The van der Waals surface area contributed by atoms with Crippen LogP contribution in [0, 0.1) is 0 Å². The molecule has 0 saturated carbocycles. The van der Waals surface area contributed by atoms with Crippen LogP contribution in [0.2, 0.25) is 0 Å². The first kappa shape index (κ1) is 29.5. The highest BCUT2D eigenvalue weighted by Gasteiger charge is 2.11. The fourth-order valence-electron chi connectivity index (χ4n) is 0. The molecule has 0 unspecified atom stereocenters. The molecule has 0 heterocycles. The number of carboxylic acid groups (broad SMARTS) is 3. The van der Waals surface area contributed by atoms with Gasteiger partial charge in [-0.1, -0.05) is 26.7 Å². The monoisotopic (exact) mass is 350 g/mol. The Morgan fingerprint density at radius 2 is 0.792 bits per heavy atom. The van der Waals surface area contributed by atoms with Crippen molar-refractivity contribution in [1.29, 1.82) is 0 Å². The third-order valence-corrected chi connectivity index (χ3v) is 1.57. The van der Waals surface area contributed by atoms with Crippen molar-refractivity contribution in [3.05, 3.63) is 36.5 Å². The first-order valence-corrected chi connectivity index (χ1v) is 6.33. The molecule has 0 radical (unpaired) electrons. The summed E-state index contributed by atoms with van der Waals surface area (Å²) in [6.07, 6.45) is -0.0625. The molecule has 6 N–H and O–H groups in total. The average Bonchev–Trinajstić information content (AvgIpc) is 2.39. The molecule has 0 atom stereocenters. The molecule has 0 saturated heterocycles. The molecular formula is C15H26O9. The van der Waals surface area contributed by atoms with Gasteiger partial charge >= 0.3 is 17.9 Å². The molecule has 0 amide bonds.